The van der Waals surface area contributed by atoms with E-state index in [-0.39, 0.29) is 5.88 Å². The van der Waals surface area contributed by atoms with Crippen molar-refractivity contribution in [3.05, 3.63) is 63.8 Å². The zero-order valence-electron chi connectivity index (χ0n) is 11.6. The van der Waals surface area contributed by atoms with Gasteiger partial charge in [-0.3, -0.25) is 0 Å². The Kier molecular flexibility index (Phi) is 3.83. The predicted octanol–water partition coefficient (Wildman–Crippen LogP) is 5.26. The molecule has 0 aliphatic rings. The van der Waals surface area contributed by atoms with Crippen LogP contribution in [0, 0.1) is 0 Å². The summed E-state index contributed by atoms with van der Waals surface area (Å²) in [6.45, 7) is 2.66. The van der Waals surface area contributed by atoms with Crippen LogP contribution in [0.4, 0.5) is 0 Å². The molecule has 0 saturated heterocycles. The summed E-state index contributed by atoms with van der Waals surface area (Å²) in [5.41, 5.74) is 2.23. The Labute approximate surface area is 133 Å². The van der Waals surface area contributed by atoms with Gasteiger partial charge in [-0.2, -0.15) is 0 Å². The molecular formula is C17H15Cl2NO. The molecular weight excluding hydrogens is 305 g/mol. The van der Waals surface area contributed by atoms with Crippen LogP contribution in [-0.4, -0.2) is 9.67 Å². The van der Waals surface area contributed by atoms with Crippen LogP contribution >= 0.6 is 23.2 Å². The summed E-state index contributed by atoms with van der Waals surface area (Å²) in [4.78, 5) is 0. The minimum atomic E-state index is 0.201. The van der Waals surface area contributed by atoms with Gasteiger partial charge < -0.3 is 9.67 Å². The number of halogens is 2. The molecule has 108 valence electrons. The summed E-state index contributed by atoms with van der Waals surface area (Å²) < 4.78 is 1.80. The van der Waals surface area contributed by atoms with E-state index < -0.39 is 0 Å². The Bertz CT molecular complexity index is 791. The molecule has 0 amide bonds. The first-order valence-corrected chi connectivity index (χ1v) is 7.58. The summed E-state index contributed by atoms with van der Waals surface area (Å²) >= 11 is 12.2. The molecule has 2 nitrogen and oxygen atoms in total. The van der Waals surface area contributed by atoms with Crippen molar-refractivity contribution in [1.82, 2.24) is 4.57 Å². The second kappa shape index (κ2) is 5.63. The number of hydrogen-bond acceptors (Lipinski definition) is 1. The Hall–Kier alpha value is -1.64. The highest BCUT2D eigenvalue weighted by molar-refractivity contribution is 6.36. The van der Waals surface area contributed by atoms with Crippen LogP contribution in [0.2, 0.25) is 10.0 Å². The van der Waals surface area contributed by atoms with E-state index in [2.05, 4.69) is 13.0 Å². The van der Waals surface area contributed by atoms with E-state index in [9.17, 15) is 5.11 Å². The molecule has 3 aromatic rings. The van der Waals surface area contributed by atoms with Crippen molar-refractivity contribution in [3.63, 3.8) is 0 Å². The number of rotatable bonds is 3. The molecule has 1 aromatic heterocycles. The van der Waals surface area contributed by atoms with Crippen molar-refractivity contribution in [2.24, 2.45) is 0 Å². The topological polar surface area (TPSA) is 25.2 Å². The monoisotopic (exact) mass is 319 g/mol. The third-order valence-electron chi connectivity index (χ3n) is 3.65. The zero-order valence-corrected chi connectivity index (χ0v) is 13.1. The molecule has 1 N–H and O–H groups in total. The van der Waals surface area contributed by atoms with Crippen LogP contribution in [0.5, 0.6) is 5.88 Å². The van der Waals surface area contributed by atoms with Crippen molar-refractivity contribution < 1.29 is 5.11 Å². The first-order chi connectivity index (χ1) is 10.1. The average Bonchev–Trinajstić information content (AvgIpc) is 2.78. The molecule has 0 aliphatic carbocycles. The van der Waals surface area contributed by atoms with Gasteiger partial charge >= 0.3 is 0 Å². The molecule has 0 fully saturated rings. The molecule has 21 heavy (non-hydrogen) atoms. The summed E-state index contributed by atoms with van der Waals surface area (Å²) in [6.07, 6.45) is 2.85. The van der Waals surface area contributed by atoms with Crippen molar-refractivity contribution in [1.29, 1.82) is 0 Å². The second-order valence-corrected chi connectivity index (χ2v) is 5.95. The highest BCUT2D eigenvalue weighted by Gasteiger charge is 2.13. The van der Waals surface area contributed by atoms with Gasteiger partial charge in [0.1, 0.15) is 0 Å². The summed E-state index contributed by atoms with van der Waals surface area (Å²) in [5, 5.41) is 13.4. The first kappa shape index (κ1) is 14.3. The van der Waals surface area contributed by atoms with Crippen LogP contribution in [-0.2, 0) is 13.0 Å². The fourth-order valence-electron chi connectivity index (χ4n) is 2.51. The minimum absolute atomic E-state index is 0.201. The molecule has 4 heteroatoms. The Morgan fingerprint density at radius 3 is 2.43 bits per heavy atom. The summed E-state index contributed by atoms with van der Waals surface area (Å²) in [5.74, 6) is 0.201. The summed E-state index contributed by atoms with van der Waals surface area (Å²) in [7, 11) is 0. The van der Waals surface area contributed by atoms with E-state index >= 15 is 0 Å². The van der Waals surface area contributed by atoms with Crippen molar-refractivity contribution in [2.45, 2.75) is 19.9 Å². The van der Waals surface area contributed by atoms with Crippen LogP contribution < -0.4 is 0 Å². The van der Waals surface area contributed by atoms with Gasteiger partial charge in [-0.15, -0.1) is 0 Å². The molecule has 0 aliphatic heterocycles. The van der Waals surface area contributed by atoms with Gasteiger partial charge in [0.25, 0.3) is 0 Å². The quantitative estimate of drug-likeness (QED) is 0.699. The third-order valence-corrected chi connectivity index (χ3v) is 4.20. The molecule has 0 bridgehead atoms. The van der Waals surface area contributed by atoms with Gasteiger partial charge in [0, 0.05) is 16.6 Å². The fourth-order valence-corrected chi connectivity index (χ4v) is 2.97. The number of fused-ring (bicyclic) bond motifs is 1. The first-order valence-electron chi connectivity index (χ1n) is 6.83. The maximum absolute atomic E-state index is 10.4. The highest BCUT2D eigenvalue weighted by Crippen LogP contribution is 2.35. The lowest BCUT2D eigenvalue weighted by molar-refractivity contribution is 0.430. The van der Waals surface area contributed by atoms with E-state index in [0.29, 0.717) is 22.0 Å². The van der Waals surface area contributed by atoms with E-state index in [1.54, 1.807) is 4.57 Å². The van der Waals surface area contributed by atoms with Crippen molar-refractivity contribution in [2.75, 3.05) is 0 Å². The highest BCUT2D eigenvalue weighted by atomic mass is 35.5. The van der Waals surface area contributed by atoms with Gasteiger partial charge in [0.15, 0.2) is 0 Å². The van der Waals surface area contributed by atoms with Gasteiger partial charge in [-0.1, -0.05) is 42.3 Å². The van der Waals surface area contributed by atoms with Gasteiger partial charge in [0.05, 0.1) is 17.0 Å². The second-order valence-electron chi connectivity index (χ2n) is 5.10. The lowest BCUT2D eigenvalue weighted by Gasteiger charge is -2.05. The molecule has 2 aromatic carbocycles. The van der Waals surface area contributed by atoms with Crippen LogP contribution in [0.3, 0.4) is 0 Å². The summed E-state index contributed by atoms with van der Waals surface area (Å²) in [6, 6.07) is 11.6. The zero-order chi connectivity index (χ0) is 15.0. The molecule has 0 unspecified atom stereocenters. The average molecular weight is 320 g/mol. The van der Waals surface area contributed by atoms with Crippen LogP contribution in [0.25, 0.3) is 10.8 Å². The Balaban J connectivity index is 2.05. The lowest BCUT2D eigenvalue weighted by Crippen LogP contribution is -1.96. The van der Waals surface area contributed by atoms with E-state index in [1.165, 1.54) is 0 Å². The van der Waals surface area contributed by atoms with Crippen molar-refractivity contribution in [3.8, 4) is 5.88 Å². The predicted molar refractivity (Wildman–Crippen MR) is 88.5 cm³/mol. The number of nitrogens with zero attached hydrogens (tertiary/aromatic N) is 1. The number of aryl methyl sites for hydroxylation is 1. The van der Waals surface area contributed by atoms with E-state index in [4.69, 9.17) is 23.2 Å². The van der Waals surface area contributed by atoms with E-state index in [1.807, 2.05) is 36.5 Å². The standard InChI is InChI=1S/C17H15Cl2NO/c1-2-11-7-13-10-20(17(21)16(13)15(19)8-11)9-12-3-5-14(18)6-4-12/h3-8,10,21H,2,9H2,1H3. The van der Waals surface area contributed by atoms with Crippen molar-refractivity contribution >= 4 is 34.0 Å². The molecule has 0 atom stereocenters. The smallest absolute Gasteiger partial charge is 0.200 e. The molecule has 1 heterocycles. The van der Waals surface area contributed by atoms with Gasteiger partial charge in [-0.05, 0) is 41.8 Å². The largest absolute Gasteiger partial charge is 0.494 e. The van der Waals surface area contributed by atoms with Crippen LogP contribution in [0.1, 0.15) is 18.1 Å². The van der Waals surface area contributed by atoms with E-state index in [0.717, 1.165) is 22.9 Å². The molecule has 3 rings (SSSR count). The van der Waals surface area contributed by atoms with Gasteiger partial charge in [0.2, 0.25) is 5.88 Å². The van der Waals surface area contributed by atoms with Crippen LogP contribution in [0.15, 0.2) is 42.6 Å². The fraction of sp³-hybridized carbons (Fsp3) is 0.176. The number of hydrogen-bond donors (Lipinski definition) is 1. The normalized spacial score (nSPS) is 11.2. The molecule has 0 radical (unpaired) electrons. The molecule has 0 saturated carbocycles. The maximum Gasteiger partial charge on any atom is 0.200 e. The number of aromatic nitrogens is 1. The Morgan fingerprint density at radius 2 is 1.76 bits per heavy atom. The third kappa shape index (κ3) is 2.74. The lowest BCUT2D eigenvalue weighted by atomic mass is 10.1. The Morgan fingerprint density at radius 1 is 1.05 bits per heavy atom. The minimum Gasteiger partial charge on any atom is -0.494 e. The van der Waals surface area contributed by atoms with Gasteiger partial charge in [-0.25, -0.2) is 0 Å². The number of aromatic hydroxyl groups is 1. The SMILES string of the molecule is CCc1cc(Cl)c2c(O)n(Cc3ccc(Cl)cc3)cc2c1. The maximum atomic E-state index is 10.4. The number of benzene rings is 2. The molecule has 0 spiro atoms.